The van der Waals surface area contributed by atoms with E-state index in [2.05, 4.69) is 22.5 Å². The summed E-state index contributed by atoms with van der Waals surface area (Å²) < 4.78 is 0. The number of benzene rings is 1. The Morgan fingerprint density at radius 1 is 1.32 bits per heavy atom. The van der Waals surface area contributed by atoms with Crippen molar-refractivity contribution in [2.45, 2.75) is 26.3 Å². The van der Waals surface area contributed by atoms with E-state index in [9.17, 15) is 4.79 Å². The van der Waals surface area contributed by atoms with Crippen LogP contribution < -0.4 is 10.6 Å². The molecule has 2 N–H and O–H groups in total. The zero-order valence-corrected chi connectivity index (χ0v) is 14.4. The molecule has 0 radical (unpaired) electrons. The van der Waals surface area contributed by atoms with Crippen LogP contribution >= 0.6 is 11.6 Å². The van der Waals surface area contributed by atoms with Crippen LogP contribution in [0.2, 0.25) is 5.02 Å². The average molecular weight is 325 g/mol. The van der Waals surface area contributed by atoms with Gasteiger partial charge in [-0.2, -0.15) is 0 Å². The molecule has 0 saturated carbocycles. The molecule has 0 aliphatic heterocycles. The van der Waals surface area contributed by atoms with Crippen molar-refractivity contribution in [2.24, 2.45) is 4.99 Å². The van der Waals surface area contributed by atoms with Crippen molar-refractivity contribution >= 4 is 23.5 Å². The van der Waals surface area contributed by atoms with Crippen LogP contribution in [-0.4, -0.2) is 44.0 Å². The van der Waals surface area contributed by atoms with Crippen LogP contribution in [-0.2, 0) is 4.79 Å². The van der Waals surface area contributed by atoms with E-state index in [1.165, 1.54) is 4.90 Å². The zero-order chi connectivity index (χ0) is 16.5. The van der Waals surface area contributed by atoms with Gasteiger partial charge in [0.1, 0.15) is 6.54 Å². The van der Waals surface area contributed by atoms with E-state index < -0.39 is 0 Å². The summed E-state index contributed by atoms with van der Waals surface area (Å²) in [6.07, 6.45) is 0.984. The van der Waals surface area contributed by atoms with Gasteiger partial charge in [-0.05, 0) is 31.0 Å². The lowest BCUT2D eigenvalue weighted by Crippen LogP contribution is -2.40. The van der Waals surface area contributed by atoms with Gasteiger partial charge >= 0.3 is 0 Å². The SMILES string of the molecule is CCCNC(=NCC(=O)N(C)C)NC(C)c1ccc(Cl)cc1. The normalized spacial score (nSPS) is 12.7. The molecule has 1 unspecified atom stereocenters. The van der Waals surface area contributed by atoms with E-state index in [1.807, 2.05) is 31.2 Å². The van der Waals surface area contributed by atoms with Crippen molar-refractivity contribution in [3.63, 3.8) is 0 Å². The lowest BCUT2D eigenvalue weighted by atomic mass is 10.1. The van der Waals surface area contributed by atoms with E-state index in [0.29, 0.717) is 11.0 Å². The minimum atomic E-state index is -0.0308. The Kier molecular flexibility index (Phi) is 7.74. The molecule has 122 valence electrons. The van der Waals surface area contributed by atoms with Crippen molar-refractivity contribution in [2.75, 3.05) is 27.2 Å². The number of rotatable bonds is 6. The van der Waals surface area contributed by atoms with Crippen LogP contribution in [0.4, 0.5) is 0 Å². The minimum Gasteiger partial charge on any atom is -0.356 e. The van der Waals surface area contributed by atoms with Gasteiger partial charge < -0.3 is 15.5 Å². The highest BCUT2D eigenvalue weighted by molar-refractivity contribution is 6.30. The summed E-state index contributed by atoms with van der Waals surface area (Å²) in [5, 5.41) is 7.24. The standard InChI is InChI=1S/C16H25ClN4O/c1-5-10-18-16(19-11-15(22)21(3)4)20-12(2)13-6-8-14(17)9-7-13/h6-9,12H,5,10-11H2,1-4H3,(H2,18,19,20). The maximum atomic E-state index is 11.7. The van der Waals surface area contributed by atoms with Gasteiger partial charge in [-0.25, -0.2) is 4.99 Å². The summed E-state index contributed by atoms with van der Waals surface area (Å²) in [7, 11) is 3.45. The third-order valence-electron chi connectivity index (χ3n) is 3.14. The number of nitrogens with one attached hydrogen (secondary N) is 2. The molecule has 0 spiro atoms. The number of hydrogen-bond acceptors (Lipinski definition) is 2. The predicted octanol–water partition coefficient (Wildman–Crippen LogP) is 2.43. The molecule has 0 heterocycles. The summed E-state index contributed by atoms with van der Waals surface area (Å²) >= 11 is 5.91. The predicted molar refractivity (Wildman–Crippen MR) is 92.3 cm³/mol. The highest BCUT2D eigenvalue weighted by Gasteiger charge is 2.09. The quantitative estimate of drug-likeness (QED) is 0.624. The Labute approximate surface area is 137 Å². The Morgan fingerprint density at radius 3 is 2.50 bits per heavy atom. The number of carbonyl (C=O) groups is 1. The van der Waals surface area contributed by atoms with Crippen molar-refractivity contribution in [3.05, 3.63) is 34.9 Å². The molecular formula is C16H25ClN4O. The molecule has 22 heavy (non-hydrogen) atoms. The first-order valence-electron chi connectivity index (χ1n) is 7.44. The highest BCUT2D eigenvalue weighted by Crippen LogP contribution is 2.15. The van der Waals surface area contributed by atoms with Gasteiger partial charge in [0.15, 0.2) is 5.96 Å². The van der Waals surface area contributed by atoms with Gasteiger partial charge in [0.05, 0.1) is 6.04 Å². The van der Waals surface area contributed by atoms with Crippen molar-refractivity contribution in [1.29, 1.82) is 0 Å². The van der Waals surface area contributed by atoms with Crippen molar-refractivity contribution < 1.29 is 4.79 Å². The Balaban J connectivity index is 2.72. The Morgan fingerprint density at radius 2 is 1.95 bits per heavy atom. The number of carbonyl (C=O) groups excluding carboxylic acids is 1. The van der Waals surface area contributed by atoms with Gasteiger partial charge in [0, 0.05) is 25.7 Å². The third-order valence-corrected chi connectivity index (χ3v) is 3.39. The Bertz CT molecular complexity index is 499. The Hall–Kier alpha value is -1.75. The third kappa shape index (κ3) is 6.35. The van der Waals surface area contributed by atoms with E-state index in [0.717, 1.165) is 18.5 Å². The lowest BCUT2D eigenvalue weighted by Gasteiger charge is -2.19. The smallest absolute Gasteiger partial charge is 0.243 e. The number of nitrogens with zero attached hydrogens (tertiary/aromatic N) is 2. The molecule has 6 heteroatoms. The second-order valence-electron chi connectivity index (χ2n) is 5.30. The summed E-state index contributed by atoms with van der Waals surface area (Å²) in [6.45, 7) is 5.05. The molecule has 0 bridgehead atoms. The number of likely N-dealkylation sites (N-methyl/N-ethyl adjacent to an activating group) is 1. The number of hydrogen-bond donors (Lipinski definition) is 2. The fourth-order valence-corrected chi connectivity index (χ4v) is 1.85. The molecule has 1 amide bonds. The molecule has 1 aromatic carbocycles. The van der Waals surface area contributed by atoms with Gasteiger partial charge in [0.2, 0.25) is 5.91 Å². The fourth-order valence-electron chi connectivity index (χ4n) is 1.72. The number of aliphatic imine (C=N–C) groups is 1. The monoisotopic (exact) mass is 324 g/mol. The summed E-state index contributed by atoms with van der Waals surface area (Å²) in [4.78, 5) is 17.5. The first kappa shape index (κ1) is 18.3. The van der Waals surface area contributed by atoms with Crippen LogP contribution in [0.1, 0.15) is 31.9 Å². The highest BCUT2D eigenvalue weighted by atomic mass is 35.5. The van der Waals surface area contributed by atoms with Gasteiger partial charge in [-0.15, -0.1) is 0 Å². The molecular weight excluding hydrogens is 300 g/mol. The van der Waals surface area contributed by atoms with E-state index in [-0.39, 0.29) is 18.5 Å². The lowest BCUT2D eigenvalue weighted by molar-refractivity contribution is -0.127. The van der Waals surface area contributed by atoms with Crippen LogP contribution in [0.5, 0.6) is 0 Å². The molecule has 0 aromatic heterocycles. The van der Waals surface area contributed by atoms with Crippen molar-refractivity contribution in [3.8, 4) is 0 Å². The first-order valence-corrected chi connectivity index (χ1v) is 7.82. The molecule has 1 atom stereocenters. The first-order chi connectivity index (χ1) is 10.4. The molecule has 1 aromatic rings. The molecule has 0 aliphatic carbocycles. The average Bonchev–Trinajstić information content (AvgIpc) is 2.49. The fraction of sp³-hybridized carbons (Fsp3) is 0.500. The van der Waals surface area contributed by atoms with Gasteiger partial charge in [-0.3, -0.25) is 4.79 Å². The second-order valence-corrected chi connectivity index (χ2v) is 5.73. The summed E-state index contributed by atoms with van der Waals surface area (Å²) in [6, 6.07) is 7.74. The van der Waals surface area contributed by atoms with Crippen LogP contribution in [0, 0.1) is 0 Å². The number of amides is 1. The van der Waals surface area contributed by atoms with Gasteiger partial charge in [-0.1, -0.05) is 30.7 Å². The molecule has 1 rings (SSSR count). The van der Waals surface area contributed by atoms with Gasteiger partial charge in [0.25, 0.3) is 0 Å². The summed E-state index contributed by atoms with van der Waals surface area (Å²) in [5.74, 6) is 0.608. The van der Waals surface area contributed by atoms with E-state index >= 15 is 0 Å². The maximum absolute atomic E-state index is 11.7. The zero-order valence-electron chi connectivity index (χ0n) is 13.7. The molecule has 0 aliphatic rings. The molecule has 0 saturated heterocycles. The van der Waals surface area contributed by atoms with Crippen LogP contribution in [0.15, 0.2) is 29.3 Å². The van der Waals surface area contributed by atoms with Crippen molar-refractivity contribution in [1.82, 2.24) is 15.5 Å². The molecule has 5 nitrogen and oxygen atoms in total. The second kappa shape index (κ2) is 9.30. The van der Waals surface area contributed by atoms with Crippen LogP contribution in [0.25, 0.3) is 0 Å². The number of halogens is 1. The number of guanidine groups is 1. The topological polar surface area (TPSA) is 56.7 Å². The summed E-state index contributed by atoms with van der Waals surface area (Å²) in [5.41, 5.74) is 1.11. The van der Waals surface area contributed by atoms with E-state index in [4.69, 9.17) is 11.6 Å². The maximum Gasteiger partial charge on any atom is 0.243 e. The molecule has 0 fully saturated rings. The minimum absolute atomic E-state index is 0.0308. The largest absolute Gasteiger partial charge is 0.356 e. The van der Waals surface area contributed by atoms with Crippen LogP contribution in [0.3, 0.4) is 0 Å². The van der Waals surface area contributed by atoms with E-state index in [1.54, 1.807) is 14.1 Å².